The Kier molecular flexibility index (Phi) is 5.30. The number of phenolic OH excluding ortho intramolecular Hbond substituents is 1. The van der Waals surface area contributed by atoms with E-state index in [1.165, 1.54) is 23.8 Å². The topological polar surface area (TPSA) is 112 Å². The predicted molar refractivity (Wildman–Crippen MR) is 85.7 cm³/mol. The van der Waals surface area contributed by atoms with Crippen molar-refractivity contribution in [3.05, 3.63) is 40.9 Å². The van der Waals surface area contributed by atoms with Crippen LogP contribution in [0.15, 0.2) is 30.5 Å². The second kappa shape index (κ2) is 7.21. The molecule has 23 heavy (non-hydrogen) atoms. The van der Waals surface area contributed by atoms with Crippen molar-refractivity contribution in [2.24, 2.45) is 5.92 Å². The molecule has 8 heteroatoms. The van der Waals surface area contributed by atoms with Gasteiger partial charge in [-0.1, -0.05) is 37.3 Å². The third kappa shape index (κ3) is 4.05. The van der Waals surface area contributed by atoms with E-state index in [-0.39, 0.29) is 27.6 Å². The van der Waals surface area contributed by atoms with Crippen molar-refractivity contribution in [1.29, 1.82) is 0 Å². The highest BCUT2D eigenvalue weighted by molar-refractivity contribution is 7.17. The summed E-state index contributed by atoms with van der Waals surface area (Å²) in [5, 5.41) is 20.9. The average molecular weight is 335 g/mol. The molecule has 1 heterocycles. The Morgan fingerprint density at radius 3 is 2.43 bits per heavy atom. The molecule has 1 aromatic carbocycles. The summed E-state index contributed by atoms with van der Waals surface area (Å²) in [6.45, 7) is 3.84. The van der Waals surface area contributed by atoms with Crippen LogP contribution in [0.5, 0.6) is 5.75 Å². The Labute approximate surface area is 137 Å². The zero-order chi connectivity index (χ0) is 17.0. The Hall–Kier alpha value is -2.45. The number of carbonyl (C=O) groups is 2. The van der Waals surface area contributed by atoms with E-state index in [2.05, 4.69) is 10.3 Å². The Morgan fingerprint density at radius 1 is 1.22 bits per heavy atom. The monoisotopic (exact) mass is 335 g/mol. The van der Waals surface area contributed by atoms with Gasteiger partial charge in [0, 0.05) is 0 Å². The van der Waals surface area contributed by atoms with Crippen LogP contribution in [0.4, 0.5) is 5.13 Å². The van der Waals surface area contributed by atoms with Crippen LogP contribution in [0.3, 0.4) is 0 Å². The lowest BCUT2D eigenvalue weighted by atomic mass is 9.87. The summed E-state index contributed by atoms with van der Waals surface area (Å²) in [5.74, 6) is -1.19. The Bertz CT molecular complexity index is 697. The molecule has 1 aromatic heterocycles. The Balaban J connectivity index is 2.17. The molecule has 0 spiro atoms. The summed E-state index contributed by atoms with van der Waals surface area (Å²) in [6, 6.07) is 6.47. The molecule has 2 aromatic rings. The van der Waals surface area contributed by atoms with Gasteiger partial charge in [0.25, 0.3) is 5.91 Å². The second-order valence-electron chi connectivity index (χ2n) is 5.27. The number of benzene rings is 1. The van der Waals surface area contributed by atoms with Crippen LogP contribution < -0.4 is 10.8 Å². The van der Waals surface area contributed by atoms with E-state index in [1.54, 1.807) is 12.1 Å². The molecule has 2 rings (SSSR count). The summed E-state index contributed by atoms with van der Waals surface area (Å²) in [6.07, 6.45) is 1.27. The fraction of sp³-hybridized carbons (Fsp3) is 0.267. The number of aromatic hydroxyl groups is 1. The first-order valence-electron chi connectivity index (χ1n) is 6.92. The second-order valence-corrected chi connectivity index (χ2v) is 6.30. The predicted octanol–water partition coefficient (Wildman–Crippen LogP) is 2.35. The highest BCUT2D eigenvalue weighted by Gasteiger charge is 2.25. The average Bonchev–Trinajstić information content (AvgIpc) is 2.96. The molecule has 0 bridgehead atoms. The number of aromatic nitrogens is 1. The van der Waals surface area contributed by atoms with E-state index in [0.29, 0.717) is 0 Å². The fourth-order valence-corrected chi connectivity index (χ4v) is 2.90. The van der Waals surface area contributed by atoms with Crippen molar-refractivity contribution < 1.29 is 19.9 Å². The number of nitrogens with zero attached hydrogens (tertiary/aromatic N) is 1. The summed E-state index contributed by atoms with van der Waals surface area (Å²) in [5.41, 5.74) is 2.29. The summed E-state index contributed by atoms with van der Waals surface area (Å²) in [4.78, 5) is 28.0. The molecule has 1 atom stereocenters. The van der Waals surface area contributed by atoms with Crippen LogP contribution in [-0.4, -0.2) is 27.1 Å². The number of hydrogen-bond donors (Lipinski definition) is 4. The molecule has 7 nitrogen and oxygen atoms in total. The molecule has 0 radical (unpaired) electrons. The minimum atomic E-state index is -0.679. The van der Waals surface area contributed by atoms with Crippen molar-refractivity contribution in [1.82, 2.24) is 10.5 Å². The third-order valence-electron chi connectivity index (χ3n) is 3.26. The van der Waals surface area contributed by atoms with Gasteiger partial charge in [-0.25, -0.2) is 10.5 Å². The molecule has 0 fully saturated rings. The van der Waals surface area contributed by atoms with Gasteiger partial charge in [-0.15, -0.1) is 0 Å². The molecule has 1 unspecified atom stereocenters. The first-order chi connectivity index (χ1) is 10.9. The number of carbonyl (C=O) groups excluding carboxylic acids is 2. The number of phenols is 1. The van der Waals surface area contributed by atoms with E-state index in [1.807, 2.05) is 13.8 Å². The number of nitrogens with one attached hydrogen (secondary N) is 2. The van der Waals surface area contributed by atoms with E-state index in [0.717, 1.165) is 16.9 Å². The van der Waals surface area contributed by atoms with Crippen LogP contribution in [0.25, 0.3) is 0 Å². The first-order valence-corrected chi connectivity index (χ1v) is 7.74. The number of hydroxylamine groups is 1. The van der Waals surface area contributed by atoms with Crippen molar-refractivity contribution >= 4 is 28.3 Å². The maximum Gasteiger partial charge on any atom is 0.286 e. The summed E-state index contributed by atoms with van der Waals surface area (Å²) < 4.78 is 0. The first kappa shape index (κ1) is 16.9. The highest BCUT2D eigenvalue weighted by atomic mass is 32.1. The number of hydrogen-bond acceptors (Lipinski definition) is 6. The summed E-state index contributed by atoms with van der Waals surface area (Å²) >= 11 is 0.966. The molecule has 2 amide bonds. The van der Waals surface area contributed by atoms with Crippen LogP contribution in [0.2, 0.25) is 0 Å². The SMILES string of the molecule is CC(C)C(C(=O)Nc1ncc(C(=O)NO)s1)c1ccc(O)cc1. The van der Waals surface area contributed by atoms with Gasteiger partial charge in [0.2, 0.25) is 5.91 Å². The molecule has 0 aliphatic carbocycles. The van der Waals surface area contributed by atoms with Crippen molar-refractivity contribution in [2.75, 3.05) is 5.32 Å². The molecule has 4 N–H and O–H groups in total. The van der Waals surface area contributed by atoms with Crippen molar-refractivity contribution in [2.45, 2.75) is 19.8 Å². The van der Waals surface area contributed by atoms with Gasteiger partial charge in [-0.3, -0.25) is 14.8 Å². The lowest BCUT2D eigenvalue weighted by Gasteiger charge is -2.20. The van der Waals surface area contributed by atoms with Crippen LogP contribution >= 0.6 is 11.3 Å². The van der Waals surface area contributed by atoms with Crippen molar-refractivity contribution in [3.8, 4) is 5.75 Å². The van der Waals surface area contributed by atoms with Crippen LogP contribution in [-0.2, 0) is 4.79 Å². The lowest BCUT2D eigenvalue weighted by Crippen LogP contribution is -2.25. The van der Waals surface area contributed by atoms with E-state index >= 15 is 0 Å². The maximum atomic E-state index is 12.5. The molecule has 0 aliphatic rings. The van der Waals surface area contributed by atoms with Gasteiger partial charge in [-0.2, -0.15) is 0 Å². The number of anilines is 1. The zero-order valence-corrected chi connectivity index (χ0v) is 13.4. The smallest absolute Gasteiger partial charge is 0.286 e. The van der Waals surface area contributed by atoms with Gasteiger partial charge >= 0.3 is 0 Å². The molecule has 122 valence electrons. The molecular formula is C15H17N3O4S. The molecular weight excluding hydrogens is 318 g/mol. The Morgan fingerprint density at radius 2 is 1.87 bits per heavy atom. The van der Waals surface area contributed by atoms with E-state index < -0.39 is 11.8 Å². The van der Waals surface area contributed by atoms with Gasteiger partial charge < -0.3 is 10.4 Å². The van der Waals surface area contributed by atoms with Gasteiger partial charge in [0.05, 0.1) is 12.1 Å². The lowest BCUT2D eigenvalue weighted by molar-refractivity contribution is -0.118. The van der Waals surface area contributed by atoms with Crippen LogP contribution in [0, 0.1) is 5.92 Å². The highest BCUT2D eigenvalue weighted by Crippen LogP contribution is 2.28. The van der Waals surface area contributed by atoms with Crippen LogP contribution in [0.1, 0.15) is 35.0 Å². The van der Waals surface area contributed by atoms with Gasteiger partial charge in [0.1, 0.15) is 10.6 Å². The molecule has 0 saturated carbocycles. The maximum absolute atomic E-state index is 12.5. The van der Waals surface area contributed by atoms with Gasteiger partial charge in [-0.05, 0) is 23.6 Å². The molecule has 0 saturated heterocycles. The quantitative estimate of drug-likeness (QED) is 0.495. The largest absolute Gasteiger partial charge is 0.508 e. The van der Waals surface area contributed by atoms with E-state index in [4.69, 9.17) is 5.21 Å². The minimum absolute atomic E-state index is 0.0275. The third-order valence-corrected chi connectivity index (χ3v) is 4.17. The van der Waals surface area contributed by atoms with Crippen molar-refractivity contribution in [3.63, 3.8) is 0 Å². The fourth-order valence-electron chi connectivity index (χ4n) is 2.20. The zero-order valence-electron chi connectivity index (χ0n) is 12.6. The van der Waals surface area contributed by atoms with E-state index in [9.17, 15) is 14.7 Å². The summed E-state index contributed by atoms with van der Waals surface area (Å²) in [7, 11) is 0. The number of amides is 2. The van der Waals surface area contributed by atoms with Gasteiger partial charge in [0.15, 0.2) is 5.13 Å². The molecule has 0 aliphatic heterocycles. The number of rotatable bonds is 5. The standard InChI is InChI=1S/C15H17N3O4S/c1-8(2)12(9-3-5-10(19)6-4-9)14(21)17-15-16-7-11(23-15)13(20)18-22/h3-8,12,19,22H,1-2H3,(H,18,20)(H,16,17,21). The number of thiazole rings is 1. The minimum Gasteiger partial charge on any atom is -0.508 e. The normalized spacial score (nSPS) is 12.0.